The highest BCUT2D eigenvalue weighted by Gasteiger charge is 2.19. The van der Waals surface area contributed by atoms with Crippen molar-refractivity contribution >= 4 is 0 Å². The van der Waals surface area contributed by atoms with Gasteiger partial charge in [0, 0.05) is 6.20 Å². The molecule has 12 heavy (non-hydrogen) atoms. The molecule has 0 fully saturated rings. The molecule has 3 nitrogen and oxygen atoms in total. The Hall–Kier alpha value is -1.12. The fraction of sp³-hybridized carbons (Fsp3) is 0.556. The van der Waals surface area contributed by atoms with Gasteiger partial charge in [0.2, 0.25) is 0 Å². The van der Waals surface area contributed by atoms with Gasteiger partial charge in [-0.05, 0) is 5.92 Å². The molecule has 0 amide bonds. The Morgan fingerprint density at radius 3 is 2.83 bits per heavy atom. The summed E-state index contributed by atoms with van der Waals surface area (Å²) < 4.78 is 10.9. The third-order valence-electron chi connectivity index (χ3n) is 1.99. The van der Waals surface area contributed by atoms with E-state index in [9.17, 15) is 0 Å². The summed E-state index contributed by atoms with van der Waals surface area (Å²) in [5, 5.41) is 0. The normalized spacial score (nSPS) is 15.2. The number of aromatic nitrogens is 1. The van der Waals surface area contributed by atoms with Crippen LogP contribution >= 0.6 is 0 Å². The van der Waals surface area contributed by atoms with Crippen molar-refractivity contribution in [3.8, 4) is 11.5 Å². The van der Waals surface area contributed by atoms with Gasteiger partial charge in [-0.25, -0.2) is 0 Å². The smallest absolute Gasteiger partial charge is 0.182 e. The molecule has 66 valence electrons. The van der Waals surface area contributed by atoms with Crippen LogP contribution in [0, 0.1) is 0 Å². The Bertz CT molecular complexity index is 278. The molecule has 1 aromatic rings. The van der Waals surface area contributed by atoms with E-state index >= 15 is 0 Å². The quantitative estimate of drug-likeness (QED) is 0.693. The van der Waals surface area contributed by atoms with Gasteiger partial charge < -0.3 is 14.5 Å². The lowest BCUT2D eigenvalue weighted by molar-refractivity contribution is 0.171. The van der Waals surface area contributed by atoms with Crippen LogP contribution in [0.1, 0.15) is 25.5 Å². The summed E-state index contributed by atoms with van der Waals surface area (Å²) in [6.45, 7) is 5.57. The lowest BCUT2D eigenvalue weighted by Gasteiger charge is -2.16. The molecule has 0 spiro atoms. The number of rotatable bonds is 1. The molecule has 1 N–H and O–H groups in total. The maximum absolute atomic E-state index is 5.50. The van der Waals surface area contributed by atoms with E-state index in [1.807, 2.05) is 6.20 Å². The van der Waals surface area contributed by atoms with Crippen molar-refractivity contribution in [3.63, 3.8) is 0 Å². The predicted octanol–water partition coefficient (Wildman–Crippen LogP) is 1.91. The second kappa shape index (κ2) is 2.73. The van der Waals surface area contributed by atoms with Gasteiger partial charge in [0.05, 0.1) is 5.69 Å². The molecule has 0 unspecified atom stereocenters. The molecule has 0 radical (unpaired) electrons. The lowest BCUT2D eigenvalue weighted by atomic mass is 10.1. The summed E-state index contributed by atoms with van der Waals surface area (Å²) in [6.07, 6.45) is 1.86. The van der Waals surface area contributed by atoms with Crippen LogP contribution in [0.3, 0.4) is 0 Å². The van der Waals surface area contributed by atoms with Crippen molar-refractivity contribution in [2.45, 2.75) is 19.8 Å². The maximum Gasteiger partial charge on any atom is 0.182 e. The second-order valence-corrected chi connectivity index (χ2v) is 3.25. The van der Waals surface area contributed by atoms with Crippen LogP contribution in [0.4, 0.5) is 0 Å². The van der Waals surface area contributed by atoms with E-state index in [2.05, 4.69) is 18.8 Å². The minimum Gasteiger partial charge on any atom is -0.485 e. The fourth-order valence-electron chi connectivity index (χ4n) is 1.39. The maximum atomic E-state index is 5.50. The monoisotopic (exact) mass is 167 g/mol. The highest BCUT2D eigenvalue weighted by molar-refractivity contribution is 5.45. The van der Waals surface area contributed by atoms with E-state index in [-0.39, 0.29) is 0 Å². The molecular formula is C9H13NO2. The van der Waals surface area contributed by atoms with E-state index in [0.29, 0.717) is 19.1 Å². The van der Waals surface area contributed by atoms with Crippen molar-refractivity contribution in [2.24, 2.45) is 0 Å². The number of hydrogen-bond donors (Lipinski definition) is 1. The molecule has 1 aromatic heterocycles. The van der Waals surface area contributed by atoms with Crippen LogP contribution in [-0.2, 0) is 0 Å². The molecule has 2 heterocycles. The minimum absolute atomic E-state index is 0.454. The number of nitrogens with one attached hydrogen (secondary N) is 1. The summed E-state index contributed by atoms with van der Waals surface area (Å²) >= 11 is 0. The predicted molar refractivity (Wildman–Crippen MR) is 45.9 cm³/mol. The highest BCUT2D eigenvalue weighted by atomic mass is 16.6. The van der Waals surface area contributed by atoms with E-state index in [0.717, 1.165) is 17.2 Å². The molecule has 0 saturated carbocycles. The Morgan fingerprint density at radius 2 is 2.08 bits per heavy atom. The second-order valence-electron chi connectivity index (χ2n) is 3.25. The molecule has 1 aliphatic heterocycles. The lowest BCUT2D eigenvalue weighted by Crippen LogP contribution is -2.15. The SMILES string of the molecule is CC(C)c1[nH]cc2c1OCCO2. The Labute approximate surface area is 71.7 Å². The largest absolute Gasteiger partial charge is 0.485 e. The third-order valence-corrected chi connectivity index (χ3v) is 1.99. The van der Waals surface area contributed by atoms with Gasteiger partial charge >= 0.3 is 0 Å². The van der Waals surface area contributed by atoms with Crippen LogP contribution in [0.2, 0.25) is 0 Å². The standard InChI is InChI=1S/C9H13NO2/c1-6(2)8-9-7(5-10-8)11-3-4-12-9/h5-6,10H,3-4H2,1-2H3. The number of hydrogen-bond acceptors (Lipinski definition) is 2. The van der Waals surface area contributed by atoms with Gasteiger partial charge in [-0.2, -0.15) is 0 Å². The van der Waals surface area contributed by atoms with Gasteiger partial charge in [-0.15, -0.1) is 0 Å². The van der Waals surface area contributed by atoms with Crippen LogP contribution in [0.15, 0.2) is 6.20 Å². The topological polar surface area (TPSA) is 34.2 Å². The summed E-state index contributed by atoms with van der Waals surface area (Å²) in [6, 6.07) is 0. The minimum atomic E-state index is 0.454. The summed E-state index contributed by atoms with van der Waals surface area (Å²) in [7, 11) is 0. The van der Waals surface area contributed by atoms with Crippen LogP contribution in [0.25, 0.3) is 0 Å². The molecule has 0 aliphatic carbocycles. The van der Waals surface area contributed by atoms with Crippen molar-refractivity contribution < 1.29 is 9.47 Å². The summed E-state index contributed by atoms with van der Waals surface area (Å²) in [4.78, 5) is 3.17. The fourth-order valence-corrected chi connectivity index (χ4v) is 1.39. The first kappa shape index (κ1) is 7.53. The van der Waals surface area contributed by atoms with Gasteiger partial charge in [-0.1, -0.05) is 13.8 Å². The first-order valence-corrected chi connectivity index (χ1v) is 4.26. The zero-order chi connectivity index (χ0) is 8.55. The van der Waals surface area contributed by atoms with E-state index < -0.39 is 0 Å². The Balaban J connectivity index is 2.38. The van der Waals surface area contributed by atoms with Crippen molar-refractivity contribution in [1.82, 2.24) is 4.98 Å². The van der Waals surface area contributed by atoms with E-state index in [4.69, 9.17) is 9.47 Å². The van der Waals surface area contributed by atoms with E-state index in [1.165, 1.54) is 0 Å². The molecule has 3 heteroatoms. The number of ether oxygens (including phenoxy) is 2. The highest BCUT2D eigenvalue weighted by Crippen LogP contribution is 2.37. The average Bonchev–Trinajstić information content (AvgIpc) is 2.47. The molecular weight excluding hydrogens is 154 g/mol. The van der Waals surface area contributed by atoms with Crippen LogP contribution in [-0.4, -0.2) is 18.2 Å². The number of H-pyrrole nitrogens is 1. The van der Waals surface area contributed by atoms with Gasteiger partial charge in [0.15, 0.2) is 11.5 Å². The van der Waals surface area contributed by atoms with Crippen molar-refractivity contribution in [2.75, 3.05) is 13.2 Å². The van der Waals surface area contributed by atoms with Gasteiger partial charge in [0.1, 0.15) is 13.2 Å². The van der Waals surface area contributed by atoms with Gasteiger partial charge in [0.25, 0.3) is 0 Å². The van der Waals surface area contributed by atoms with Crippen molar-refractivity contribution in [3.05, 3.63) is 11.9 Å². The van der Waals surface area contributed by atoms with E-state index in [1.54, 1.807) is 0 Å². The van der Waals surface area contributed by atoms with Crippen molar-refractivity contribution in [1.29, 1.82) is 0 Å². The first-order chi connectivity index (χ1) is 5.79. The molecule has 0 atom stereocenters. The van der Waals surface area contributed by atoms with Crippen LogP contribution in [0.5, 0.6) is 11.5 Å². The molecule has 0 aromatic carbocycles. The Kier molecular flexibility index (Phi) is 1.71. The number of aromatic amines is 1. The van der Waals surface area contributed by atoms with Gasteiger partial charge in [-0.3, -0.25) is 0 Å². The third kappa shape index (κ3) is 1.05. The van der Waals surface area contributed by atoms with Crippen LogP contribution < -0.4 is 9.47 Å². The summed E-state index contributed by atoms with van der Waals surface area (Å²) in [5.41, 5.74) is 1.13. The Morgan fingerprint density at radius 1 is 1.33 bits per heavy atom. The zero-order valence-corrected chi connectivity index (χ0v) is 7.39. The molecule has 0 bridgehead atoms. The molecule has 2 rings (SSSR count). The molecule has 1 aliphatic rings. The average molecular weight is 167 g/mol. The molecule has 0 saturated heterocycles. The zero-order valence-electron chi connectivity index (χ0n) is 7.39. The number of fused-ring (bicyclic) bond motifs is 1. The first-order valence-electron chi connectivity index (χ1n) is 4.26. The summed E-state index contributed by atoms with van der Waals surface area (Å²) in [5.74, 6) is 2.21.